The zero-order valence-electron chi connectivity index (χ0n) is 41.1. The van der Waals surface area contributed by atoms with Gasteiger partial charge in [0.05, 0.1) is 11.1 Å². The maximum absolute atomic E-state index is 13.0. The molecule has 4 aromatic rings. The highest BCUT2D eigenvalue weighted by Gasteiger charge is 2.34. The van der Waals surface area contributed by atoms with Crippen molar-refractivity contribution in [1.82, 2.24) is 44.6 Å². The zero-order chi connectivity index (χ0) is 46.2. The van der Waals surface area contributed by atoms with E-state index in [0.717, 1.165) is 48.4 Å². The van der Waals surface area contributed by atoms with Crippen LogP contribution in [0.2, 0.25) is 0 Å². The van der Waals surface area contributed by atoms with E-state index in [0.29, 0.717) is 23.3 Å². The lowest BCUT2D eigenvalue weighted by Gasteiger charge is -2.42. The Morgan fingerprint density at radius 2 is 1.03 bits per heavy atom. The van der Waals surface area contributed by atoms with E-state index in [1.807, 2.05) is 24.4 Å². The molecular weight excluding hydrogens is 908 g/mol. The van der Waals surface area contributed by atoms with E-state index in [1.165, 1.54) is 180 Å². The summed E-state index contributed by atoms with van der Waals surface area (Å²) in [6.45, 7) is 7.68. The lowest BCUT2D eigenvalue weighted by Crippen LogP contribution is -2.48. The van der Waals surface area contributed by atoms with Gasteiger partial charge in [-0.1, -0.05) is 89.9 Å². The topological polar surface area (TPSA) is 160 Å². The molecule has 6 atom stereocenters. The number of likely N-dealkylation sites (tertiary alicyclic amines) is 2. The summed E-state index contributed by atoms with van der Waals surface area (Å²) in [7, 11) is 0. The van der Waals surface area contributed by atoms with Crippen LogP contribution in [-0.2, 0) is 0 Å². The molecule has 13 nitrogen and oxygen atoms in total. The van der Waals surface area contributed by atoms with Gasteiger partial charge in [0.25, 0.3) is 5.91 Å². The summed E-state index contributed by atoms with van der Waals surface area (Å²) >= 11 is 0. The molecule has 10 rings (SSSR count). The van der Waals surface area contributed by atoms with Gasteiger partial charge in [0, 0.05) is 75.4 Å². The smallest absolute Gasteiger partial charge is 0.337 e. The molecule has 380 valence electrons. The van der Waals surface area contributed by atoms with E-state index in [4.69, 9.17) is 10.8 Å². The molecule has 4 N–H and O–H groups in total. The number of amides is 1. The predicted octanol–water partition coefficient (Wildman–Crippen LogP) is 10.5. The third-order valence-electron chi connectivity index (χ3n) is 16.4. The maximum atomic E-state index is 13.0. The number of nitrogens with zero attached hydrogens (tertiary/aromatic N) is 8. The van der Waals surface area contributed by atoms with Crippen LogP contribution in [-0.4, -0.2) is 108 Å². The molecule has 69 heavy (non-hydrogen) atoms. The van der Waals surface area contributed by atoms with Crippen LogP contribution >= 0.6 is 24.8 Å². The van der Waals surface area contributed by atoms with Gasteiger partial charge in [-0.05, 0) is 136 Å². The molecule has 2 unspecified atom stereocenters. The number of piperidine rings is 2. The van der Waals surface area contributed by atoms with Crippen molar-refractivity contribution >= 4 is 36.7 Å². The highest BCUT2D eigenvalue weighted by atomic mass is 35.5. The number of carboxylic acid groups (broad SMARTS) is 1. The quantitative estimate of drug-likeness (QED) is 0.132. The van der Waals surface area contributed by atoms with Gasteiger partial charge in [-0.3, -0.25) is 4.79 Å². The number of hydrogen-bond acceptors (Lipinski definition) is 9. The van der Waals surface area contributed by atoms with Crippen molar-refractivity contribution in [2.45, 2.75) is 153 Å². The monoisotopic (exact) mass is 989 g/mol. The molecule has 2 aliphatic heterocycles. The molecule has 6 fully saturated rings. The Balaban J connectivity index is 0.000000185. The fourth-order valence-corrected chi connectivity index (χ4v) is 12.6. The number of nitrogens with two attached hydrogens (primary N) is 1. The summed E-state index contributed by atoms with van der Waals surface area (Å²) in [5, 5.41) is 20.2. The average molecular weight is 990 g/mol. The number of pyridine rings is 2. The molecule has 15 heteroatoms. The Morgan fingerprint density at radius 3 is 1.51 bits per heavy atom. The van der Waals surface area contributed by atoms with Crippen LogP contribution in [0.3, 0.4) is 0 Å². The third kappa shape index (κ3) is 16.1. The molecule has 6 heterocycles. The van der Waals surface area contributed by atoms with Crippen LogP contribution in [0.15, 0.2) is 73.6 Å². The van der Waals surface area contributed by atoms with Crippen LogP contribution < -0.4 is 11.1 Å². The highest BCUT2D eigenvalue weighted by molar-refractivity contribution is 5.94. The second-order valence-corrected chi connectivity index (χ2v) is 21.0. The summed E-state index contributed by atoms with van der Waals surface area (Å²) in [6.07, 6.45) is 40.6. The predicted molar refractivity (Wildman–Crippen MR) is 279 cm³/mol. The normalized spacial score (nSPS) is 26.1. The fraction of sp³-hybridized carbons (Fsp3) is 0.667. The largest absolute Gasteiger partial charge is 0.478 e. The van der Waals surface area contributed by atoms with Gasteiger partial charge in [-0.15, -0.1) is 24.8 Å². The number of carbonyl (C=O) groups is 2. The molecule has 2 saturated heterocycles. The number of hydrogen-bond donors (Lipinski definition) is 3. The number of aromatic carboxylic acids is 1. The van der Waals surface area contributed by atoms with Gasteiger partial charge < -0.3 is 26.0 Å². The van der Waals surface area contributed by atoms with Crippen molar-refractivity contribution in [3.8, 4) is 11.6 Å². The van der Waals surface area contributed by atoms with Gasteiger partial charge in [0.1, 0.15) is 0 Å². The lowest BCUT2D eigenvalue weighted by atomic mass is 9.76. The summed E-state index contributed by atoms with van der Waals surface area (Å²) in [4.78, 5) is 37.5. The van der Waals surface area contributed by atoms with Crippen molar-refractivity contribution in [3.63, 3.8) is 0 Å². The number of rotatable bonds is 11. The number of halogens is 2. The van der Waals surface area contributed by atoms with Crippen molar-refractivity contribution < 1.29 is 14.7 Å². The molecule has 4 aliphatic carbocycles. The van der Waals surface area contributed by atoms with E-state index < -0.39 is 5.97 Å². The molecule has 1 amide bonds. The second kappa shape index (κ2) is 28.2. The van der Waals surface area contributed by atoms with Crippen molar-refractivity contribution in [2.24, 2.45) is 41.2 Å². The summed E-state index contributed by atoms with van der Waals surface area (Å²) in [5.74, 6) is 5.60. The van der Waals surface area contributed by atoms with Crippen molar-refractivity contribution in [3.05, 3.63) is 84.7 Å². The van der Waals surface area contributed by atoms with Crippen molar-refractivity contribution in [1.29, 1.82) is 0 Å². The molecule has 0 bridgehead atoms. The first-order chi connectivity index (χ1) is 32.9. The number of carboxylic acids is 1. The van der Waals surface area contributed by atoms with Gasteiger partial charge >= 0.3 is 5.97 Å². The Kier molecular flexibility index (Phi) is 22.3. The van der Waals surface area contributed by atoms with Gasteiger partial charge in [-0.25, -0.2) is 24.1 Å². The Hall–Kier alpha value is -3.88. The first-order valence-corrected chi connectivity index (χ1v) is 26.5. The van der Waals surface area contributed by atoms with E-state index >= 15 is 0 Å². The lowest BCUT2D eigenvalue weighted by molar-refractivity contribution is 0.0695. The van der Waals surface area contributed by atoms with Crippen molar-refractivity contribution in [2.75, 3.05) is 39.3 Å². The molecule has 4 saturated carbocycles. The minimum atomic E-state index is -0.982. The maximum Gasteiger partial charge on any atom is 0.337 e. The molecule has 6 aliphatic rings. The molecular formula is C54H82Cl2N10O3. The zero-order valence-corrected chi connectivity index (χ0v) is 42.7. The third-order valence-corrected chi connectivity index (χ3v) is 16.4. The Bertz CT molecular complexity index is 2040. The van der Waals surface area contributed by atoms with Gasteiger partial charge in [0.2, 0.25) is 0 Å². The highest BCUT2D eigenvalue weighted by Crippen LogP contribution is 2.37. The van der Waals surface area contributed by atoms with Crippen LogP contribution in [0.4, 0.5) is 0 Å². The SMILES string of the molecule is Cl.Cl.N[C@H]1CCCC[C@@H]1CN1CCCC(C2CCCCC2)C1.O=C(N[C@H]1CCCC[C@@H]1CN1CCCC(C2CCCCC2)C1)c1ccc(-n2cccn2)nc1.O=C(O)c1ccc(-n2cccn2)nc1. The van der Waals surface area contributed by atoms with E-state index in [2.05, 4.69) is 35.3 Å². The van der Waals surface area contributed by atoms with Crippen LogP contribution in [0.5, 0.6) is 0 Å². The van der Waals surface area contributed by atoms with Crippen LogP contribution in [0.25, 0.3) is 11.6 Å². The molecule has 4 aromatic heterocycles. The van der Waals surface area contributed by atoms with Crippen LogP contribution in [0.1, 0.15) is 162 Å². The summed E-state index contributed by atoms with van der Waals surface area (Å²) < 4.78 is 3.27. The summed E-state index contributed by atoms with van der Waals surface area (Å²) in [5.41, 5.74) is 7.14. The van der Waals surface area contributed by atoms with Gasteiger partial charge in [-0.2, -0.15) is 10.2 Å². The molecule has 0 radical (unpaired) electrons. The average Bonchev–Trinajstić information content (AvgIpc) is 4.14. The number of nitrogens with one attached hydrogen (secondary N) is 1. The van der Waals surface area contributed by atoms with Crippen LogP contribution in [0, 0.1) is 35.5 Å². The van der Waals surface area contributed by atoms with E-state index in [1.54, 1.807) is 46.3 Å². The minimum Gasteiger partial charge on any atom is -0.478 e. The molecule has 0 spiro atoms. The van der Waals surface area contributed by atoms with Gasteiger partial charge in [0.15, 0.2) is 11.6 Å². The Morgan fingerprint density at radius 1 is 0.565 bits per heavy atom. The first-order valence-electron chi connectivity index (χ1n) is 26.5. The number of carbonyl (C=O) groups excluding carboxylic acids is 1. The first kappa shape index (κ1) is 54.5. The minimum absolute atomic E-state index is 0. The fourth-order valence-electron chi connectivity index (χ4n) is 12.6. The summed E-state index contributed by atoms with van der Waals surface area (Å²) in [6, 6.07) is 11.2. The van der Waals surface area contributed by atoms with E-state index in [-0.39, 0.29) is 42.3 Å². The second-order valence-electron chi connectivity index (χ2n) is 21.0. The standard InChI is InChI=1S/C27H39N5O.C18H34N2.C9H7N3O2.2ClH/c33-27(22-13-14-26(28-18-22)32-17-7-15-29-32)30-25-12-5-4-10-24(25)20-31-16-6-11-23(19-31)21-8-2-1-3-9-21;19-18-11-5-4-9-17(18)14-20-12-6-10-16(13-20)15-7-2-1-3-8-15;13-9(14)7-2-3-8(10-6-7)12-5-1-4-11-12;;/h7,13-15,17-18,21,23-25H,1-6,8-12,16,19-20H2,(H,30,33);15-18H,1-14,19H2;1-6H,(H,13,14);2*1H/t23?,24-,25+;16?,17-,18+;;;/m11.../s1. The number of aromatic nitrogens is 6. The molecule has 0 aromatic carbocycles. The van der Waals surface area contributed by atoms with E-state index in [9.17, 15) is 9.59 Å². The Labute approximate surface area is 424 Å².